The highest BCUT2D eigenvalue weighted by Crippen LogP contribution is 2.46. The van der Waals surface area contributed by atoms with E-state index in [-0.39, 0.29) is 5.78 Å². The zero-order valence-corrected chi connectivity index (χ0v) is 12.3. The van der Waals surface area contributed by atoms with Crippen LogP contribution in [0.1, 0.15) is 22.0 Å². The standard InChI is InChI=1S/C16H15NO3S/c1-21(19,20)17-14(12-8-4-2-5-9-12)15(17)16(18)13-10-6-3-7-11-13/h2-11,14-15H,1H3/t14-,15+,17?/m0/s1. The van der Waals surface area contributed by atoms with Crippen LogP contribution in [-0.4, -0.2) is 30.8 Å². The van der Waals surface area contributed by atoms with E-state index in [1.54, 1.807) is 24.3 Å². The lowest BCUT2D eigenvalue weighted by Crippen LogP contribution is -2.18. The van der Waals surface area contributed by atoms with E-state index in [2.05, 4.69) is 0 Å². The molecule has 4 nitrogen and oxygen atoms in total. The van der Waals surface area contributed by atoms with Gasteiger partial charge in [-0.2, -0.15) is 4.31 Å². The maximum absolute atomic E-state index is 12.5. The number of hydrogen-bond acceptors (Lipinski definition) is 3. The molecule has 3 rings (SSSR count). The van der Waals surface area contributed by atoms with Gasteiger partial charge in [0.2, 0.25) is 10.0 Å². The first-order chi connectivity index (χ1) is 10.00. The van der Waals surface area contributed by atoms with Crippen LogP contribution in [0.15, 0.2) is 60.7 Å². The molecule has 1 aliphatic rings. The van der Waals surface area contributed by atoms with E-state index in [0.717, 1.165) is 11.8 Å². The average molecular weight is 301 g/mol. The summed E-state index contributed by atoms with van der Waals surface area (Å²) in [5.74, 6) is -0.158. The summed E-state index contributed by atoms with van der Waals surface area (Å²) in [4.78, 5) is 12.5. The molecule has 1 unspecified atom stereocenters. The fourth-order valence-electron chi connectivity index (χ4n) is 2.64. The van der Waals surface area contributed by atoms with Gasteiger partial charge in [0.25, 0.3) is 0 Å². The van der Waals surface area contributed by atoms with E-state index in [1.165, 1.54) is 4.31 Å². The van der Waals surface area contributed by atoms with Gasteiger partial charge in [0.1, 0.15) is 6.04 Å². The number of sulfonamides is 1. The van der Waals surface area contributed by atoms with Crippen molar-refractivity contribution in [3.63, 3.8) is 0 Å². The Morgan fingerprint density at radius 2 is 1.48 bits per heavy atom. The third-order valence-corrected chi connectivity index (χ3v) is 4.83. The van der Waals surface area contributed by atoms with Gasteiger partial charge in [-0.1, -0.05) is 60.7 Å². The highest BCUT2D eigenvalue weighted by Gasteiger charge is 2.58. The van der Waals surface area contributed by atoms with Crippen LogP contribution >= 0.6 is 0 Å². The third kappa shape index (κ3) is 2.62. The van der Waals surface area contributed by atoms with E-state index in [4.69, 9.17) is 0 Å². The molecule has 0 amide bonds. The van der Waals surface area contributed by atoms with Gasteiger partial charge in [0, 0.05) is 5.56 Å². The maximum atomic E-state index is 12.5. The van der Waals surface area contributed by atoms with E-state index < -0.39 is 22.1 Å². The van der Waals surface area contributed by atoms with Crippen molar-refractivity contribution in [3.05, 3.63) is 71.8 Å². The molecular formula is C16H15NO3S. The van der Waals surface area contributed by atoms with E-state index in [1.807, 2.05) is 36.4 Å². The molecule has 1 heterocycles. The molecule has 0 bridgehead atoms. The summed E-state index contributed by atoms with van der Waals surface area (Å²) in [6.07, 6.45) is 1.14. The molecule has 108 valence electrons. The third-order valence-electron chi connectivity index (χ3n) is 3.61. The number of hydrogen-bond donors (Lipinski definition) is 0. The predicted molar refractivity (Wildman–Crippen MR) is 80.4 cm³/mol. The zero-order valence-electron chi connectivity index (χ0n) is 11.5. The molecule has 2 aromatic carbocycles. The molecule has 0 aromatic heterocycles. The van der Waals surface area contributed by atoms with Crippen molar-refractivity contribution >= 4 is 15.8 Å². The molecule has 0 radical (unpaired) electrons. The lowest BCUT2D eigenvalue weighted by atomic mass is 10.0. The molecular weight excluding hydrogens is 286 g/mol. The largest absolute Gasteiger partial charge is 0.292 e. The SMILES string of the molecule is CS(=O)(=O)N1[C@@H](C(=O)c2ccccc2)[C@@H]1c1ccccc1. The van der Waals surface area contributed by atoms with Crippen LogP contribution in [0.25, 0.3) is 0 Å². The average Bonchev–Trinajstić information content (AvgIpc) is 3.24. The van der Waals surface area contributed by atoms with Gasteiger partial charge in [-0.25, -0.2) is 8.42 Å². The maximum Gasteiger partial charge on any atom is 0.212 e. The molecule has 1 aliphatic heterocycles. The molecule has 0 saturated carbocycles. The van der Waals surface area contributed by atoms with Gasteiger partial charge in [-0.3, -0.25) is 4.79 Å². The fourth-order valence-corrected chi connectivity index (χ4v) is 3.85. The molecule has 0 aliphatic carbocycles. The second-order valence-corrected chi connectivity index (χ2v) is 7.01. The van der Waals surface area contributed by atoms with Crippen LogP contribution in [0, 0.1) is 0 Å². The van der Waals surface area contributed by atoms with Crippen molar-refractivity contribution in [3.8, 4) is 0 Å². The topological polar surface area (TPSA) is 54.2 Å². The molecule has 5 heteroatoms. The molecule has 1 fully saturated rings. The second kappa shape index (κ2) is 5.09. The van der Waals surface area contributed by atoms with Gasteiger partial charge in [0.05, 0.1) is 12.3 Å². The summed E-state index contributed by atoms with van der Waals surface area (Å²) in [5, 5.41) is 0. The fraction of sp³-hybridized carbons (Fsp3) is 0.188. The first-order valence-corrected chi connectivity index (χ1v) is 8.48. The highest BCUT2D eigenvalue weighted by molar-refractivity contribution is 7.88. The van der Waals surface area contributed by atoms with Gasteiger partial charge in [-0.15, -0.1) is 0 Å². The predicted octanol–water partition coefficient (Wildman–Crippen LogP) is 2.25. The number of rotatable bonds is 4. The monoisotopic (exact) mass is 301 g/mol. The Hall–Kier alpha value is -1.98. The van der Waals surface area contributed by atoms with Crippen LogP contribution in [0.4, 0.5) is 0 Å². The summed E-state index contributed by atoms with van der Waals surface area (Å²) < 4.78 is 25.1. The van der Waals surface area contributed by atoms with E-state index in [0.29, 0.717) is 5.56 Å². The smallest absolute Gasteiger partial charge is 0.212 e. The number of nitrogens with zero attached hydrogens (tertiary/aromatic N) is 1. The van der Waals surface area contributed by atoms with Crippen LogP contribution in [0.5, 0.6) is 0 Å². The van der Waals surface area contributed by atoms with Gasteiger partial charge < -0.3 is 0 Å². The van der Waals surface area contributed by atoms with Crippen molar-refractivity contribution in [1.29, 1.82) is 0 Å². The van der Waals surface area contributed by atoms with Crippen molar-refractivity contribution in [2.24, 2.45) is 0 Å². The Morgan fingerprint density at radius 3 is 2.00 bits per heavy atom. The van der Waals surface area contributed by atoms with Crippen LogP contribution < -0.4 is 0 Å². The Labute approximate surface area is 124 Å². The Kier molecular flexibility index (Phi) is 3.39. The lowest BCUT2D eigenvalue weighted by molar-refractivity contribution is 0.0981. The zero-order chi connectivity index (χ0) is 15.0. The van der Waals surface area contributed by atoms with Gasteiger partial charge in [0.15, 0.2) is 5.78 Å². The first kappa shape index (κ1) is 14.0. The van der Waals surface area contributed by atoms with Crippen molar-refractivity contribution in [2.45, 2.75) is 12.1 Å². The minimum atomic E-state index is -3.42. The van der Waals surface area contributed by atoms with Gasteiger partial charge in [-0.05, 0) is 5.56 Å². The summed E-state index contributed by atoms with van der Waals surface area (Å²) in [5.41, 5.74) is 1.38. The Balaban J connectivity index is 1.96. The number of carbonyl (C=O) groups excluding carboxylic acids is 1. The van der Waals surface area contributed by atoms with Crippen LogP contribution in [-0.2, 0) is 10.0 Å². The van der Waals surface area contributed by atoms with Gasteiger partial charge >= 0.3 is 0 Å². The molecule has 0 N–H and O–H groups in total. The number of carbonyl (C=O) groups is 1. The lowest BCUT2D eigenvalue weighted by Gasteiger charge is -2.00. The number of Topliss-reactive ketones (excluding diaryl/α,β-unsaturated/α-hetero) is 1. The minimum absolute atomic E-state index is 0.158. The minimum Gasteiger partial charge on any atom is -0.292 e. The summed E-state index contributed by atoms with van der Waals surface area (Å²) in [7, 11) is -3.42. The summed E-state index contributed by atoms with van der Waals surface area (Å²) in [6.45, 7) is 0. The molecule has 21 heavy (non-hydrogen) atoms. The summed E-state index contributed by atoms with van der Waals surface area (Å²) >= 11 is 0. The van der Waals surface area contributed by atoms with Crippen molar-refractivity contribution in [1.82, 2.24) is 4.31 Å². The molecule has 0 spiro atoms. The normalized spacial score (nSPS) is 24.5. The number of benzene rings is 2. The molecule has 2 aromatic rings. The van der Waals surface area contributed by atoms with E-state index >= 15 is 0 Å². The number of ketones is 1. The first-order valence-electron chi connectivity index (χ1n) is 6.63. The van der Waals surface area contributed by atoms with Crippen molar-refractivity contribution in [2.75, 3.05) is 6.26 Å². The van der Waals surface area contributed by atoms with Crippen LogP contribution in [0.2, 0.25) is 0 Å². The Morgan fingerprint density at radius 1 is 0.952 bits per heavy atom. The molecule has 1 saturated heterocycles. The second-order valence-electron chi connectivity index (χ2n) is 5.12. The quantitative estimate of drug-likeness (QED) is 0.643. The molecule has 3 atom stereocenters. The highest BCUT2D eigenvalue weighted by atomic mass is 32.2. The van der Waals surface area contributed by atoms with Crippen LogP contribution in [0.3, 0.4) is 0 Å². The van der Waals surface area contributed by atoms with Crippen molar-refractivity contribution < 1.29 is 13.2 Å². The summed E-state index contributed by atoms with van der Waals surface area (Å²) in [6, 6.07) is 17.0. The Bertz CT molecular complexity index is 757. The van der Waals surface area contributed by atoms with E-state index in [9.17, 15) is 13.2 Å².